The van der Waals surface area contributed by atoms with E-state index in [1.807, 2.05) is 56.9 Å². The van der Waals surface area contributed by atoms with Crippen LogP contribution < -0.4 is 16.0 Å². The molecule has 11 nitrogen and oxygen atoms in total. The van der Waals surface area contributed by atoms with E-state index in [9.17, 15) is 19.2 Å². The van der Waals surface area contributed by atoms with Crippen molar-refractivity contribution in [2.45, 2.75) is 104 Å². The van der Waals surface area contributed by atoms with Gasteiger partial charge in [0.05, 0.1) is 17.4 Å². The average molecular weight is 699 g/mol. The number of hydrogen-bond donors (Lipinski definition) is 3. The van der Waals surface area contributed by atoms with Crippen molar-refractivity contribution in [1.82, 2.24) is 10.2 Å². The monoisotopic (exact) mass is 698 g/mol. The number of benzene rings is 3. The Morgan fingerprint density at radius 1 is 0.784 bits per heavy atom. The number of para-hydroxylation sites is 2. The number of carbonyl (C=O) groups is 4. The van der Waals surface area contributed by atoms with Gasteiger partial charge in [0, 0.05) is 24.1 Å². The van der Waals surface area contributed by atoms with Crippen molar-refractivity contribution >= 4 is 35.6 Å². The molecule has 3 N–H and O–H groups in total. The summed E-state index contributed by atoms with van der Waals surface area (Å²) in [6.45, 7) is 13.7. The molecule has 2 saturated carbocycles. The molecule has 2 aliphatic carbocycles. The molecule has 0 aliphatic heterocycles. The van der Waals surface area contributed by atoms with Crippen molar-refractivity contribution in [2.24, 2.45) is 5.92 Å². The SMILES string of the molecule is C[C@@H](NC(=O)OCc1ccc(C2C[C@@H]2N(CC2CC2)C(=O)OC(C)(C)C)cc1)c1ccc(C(=O)Nc2ccccc2NC(=O)OC(C)(C)C)cc1. The van der Waals surface area contributed by atoms with E-state index in [0.29, 0.717) is 22.9 Å². The number of ether oxygens (including phenoxy) is 3. The summed E-state index contributed by atoms with van der Waals surface area (Å²) >= 11 is 0. The molecule has 0 heterocycles. The van der Waals surface area contributed by atoms with Gasteiger partial charge in [0.25, 0.3) is 5.91 Å². The van der Waals surface area contributed by atoms with E-state index in [2.05, 4.69) is 16.0 Å². The minimum Gasteiger partial charge on any atom is -0.445 e. The molecule has 3 atom stereocenters. The number of anilines is 2. The van der Waals surface area contributed by atoms with E-state index in [1.54, 1.807) is 69.3 Å². The first-order valence-corrected chi connectivity index (χ1v) is 17.6. The number of rotatable bonds is 11. The molecule has 2 aliphatic rings. The maximum absolute atomic E-state index is 13.0. The van der Waals surface area contributed by atoms with E-state index >= 15 is 0 Å². The fourth-order valence-electron chi connectivity index (χ4n) is 5.67. The zero-order chi connectivity index (χ0) is 36.9. The fourth-order valence-corrected chi connectivity index (χ4v) is 5.67. The number of nitrogens with one attached hydrogen (secondary N) is 3. The molecule has 3 aromatic rings. The lowest BCUT2D eigenvalue weighted by Gasteiger charge is -2.28. The summed E-state index contributed by atoms with van der Waals surface area (Å²) in [6.07, 6.45) is 1.82. The Balaban J connectivity index is 1.08. The normalized spacial score (nSPS) is 17.4. The predicted molar refractivity (Wildman–Crippen MR) is 196 cm³/mol. The van der Waals surface area contributed by atoms with Crippen molar-refractivity contribution < 1.29 is 33.4 Å². The second-order valence-corrected chi connectivity index (χ2v) is 15.4. The lowest BCUT2D eigenvalue weighted by molar-refractivity contribution is 0.0220. The van der Waals surface area contributed by atoms with E-state index in [-0.39, 0.29) is 36.6 Å². The van der Waals surface area contributed by atoms with Gasteiger partial charge in [-0.3, -0.25) is 10.1 Å². The summed E-state index contributed by atoms with van der Waals surface area (Å²) < 4.78 is 16.5. The number of alkyl carbamates (subject to hydrolysis) is 1. The van der Waals surface area contributed by atoms with E-state index in [0.717, 1.165) is 42.5 Å². The van der Waals surface area contributed by atoms with Gasteiger partial charge in [0.1, 0.15) is 17.8 Å². The first-order chi connectivity index (χ1) is 24.0. The quantitative estimate of drug-likeness (QED) is 0.170. The van der Waals surface area contributed by atoms with Gasteiger partial charge in [0.2, 0.25) is 0 Å². The van der Waals surface area contributed by atoms with E-state index < -0.39 is 23.4 Å². The molecule has 5 rings (SSSR count). The summed E-state index contributed by atoms with van der Waals surface area (Å²) in [5.74, 6) is 0.482. The Bertz CT molecular complexity index is 1710. The maximum Gasteiger partial charge on any atom is 0.412 e. The molecule has 51 heavy (non-hydrogen) atoms. The lowest BCUT2D eigenvalue weighted by atomic mass is 10.1. The molecule has 3 aromatic carbocycles. The minimum absolute atomic E-state index is 0.113. The topological polar surface area (TPSA) is 135 Å². The summed E-state index contributed by atoms with van der Waals surface area (Å²) in [5, 5.41) is 8.34. The van der Waals surface area contributed by atoms with Crippen LogP contribution in [0.5, 0.6) is 0 Å². The Labute approximate surface area is 300 Å². The molecule has 0 aromatic heterocycles. The number of carbonyl (C=O) groups excluding carboxylic acids is 4. The van der Waals surface area contributed by atoms with Gasteiger partial charge in [-0.05, 0) is 115 Å². The van der Waals surface area contributed by atoms with E-state index in [1.165, 1.54) is 0 Å². The first kappa shape index (κ1) is 37.2. The zero-order valence-corrected chi connectivity index (χ0v) is 30.6. The van der Waals surface area contributed by atoms with Crippen molar-refractivity contribution in [3.63, 3.8) is 0 Å². The third kappa shape index (κ3) is 11.2. The molecule has 4 amide bonds. The molecule has 11 heteroatoms. The molecule has 2 fully saturated rings. The molecule has 0 spiro atoms. The van der Waals surface area contributed by atoms with Crippen LogP contribution in [-0.2, 0) is 20.8 Å². The third-order valence-corrected chi connectivity index (χ3v) is 8.53. The molecule has 1 unspecified atom stereocenters. The van der Waals surface area contributed by atoms with Crippen LogP contribution in [0.1, 0.15) is 107 Å². The molecule has 0 radical (unpaired) electrons. The van der Waals surface area contributed by atoms with Crippen molar-refractivity contribution in [1.29, 1.82) is 0 Å². The van der Waals surface area contributed by atoms with Crippen LogP contribution in [0.25, 0.3) is 0 Å². The Morgan fingerprint density at radius 3 is 1.98 bits per heavy atom. The van der Waals surface area contributed by atoms with Gasteiger partial charge in [0.15, 0.2) is 0 Å². The highest BCUT2D eigenvalue weighted by Crippen LogP contribution is 2.46. The minimum atomic E-state index is -0.662. The van der Waals surface area contributed by atoms with Crippen molar-refractivity contribution in [3.05, 3.63) is 95.1 Å². The Hall–Kier alpha value is -5.06. The number of hydrogen-bond acceptors (Lipinski definition) is 7. The molecule has 0 saturated heterocycles. The van der Waals surface area contributed by atoms with Crippen LogP contribution >= 0.6 is 0 Å². The average Bonchev–Trinajstić information content (AvgIpc) is 3.98. The maximum atomic E-state index is 13.0. The molecular weight excluding hydrogens is 648 g/mol. The standard InChI is InChI=1S/C40H50N4O7/c1-25(28-18-20-30(21-19-28)35(45)42-32-10-8-9-11-33(32)43-37(47)50-39(2,3)4)41-36(46)49-24-27-14-16-29(17-15-27)31-22-34(31)44(23-26-12-13-26)38(48)51-40(5,6)7/h8-11,14-21,25-26,31,34H,12-13,22-24H2,1-7H3,(H,41,46)(H,42,45)(H,43,47)/t25-,31?,34+/m1/s1. The first-order valence-electron chi connectivity index (χ1n) is 17.6. The van der Waals surface area contributed by atoms with Crippen LogP contribution in [0.3, 0.4) is 0 Å². The zero-order valence-electron chi connectivity index (χ0n) is 30.6. The van der Waals surface area contributed by atoms with Gasteiger partial charge in [-0.2, -0.15) is 0 Å². The predicted octanol–water partition coefficient (Wildman–Crippen LogP) is 8.78. The van der Waals surface area contributed by atoms with Crippen LogP contribution in [0.4, 0.5) is 25.8 Å². The largest absolute Gasteiger partial charge is 0.445 e. The summed E-state index contributed by atoms with van der Waals surface area (Å²) in [7, 11) is 0. The summed E-state index contributed by atoms with van der Waals surface area (Å²) in [4.78, 5) is 52.8. The van der Waals surface area contributed by atoms with Crippen molar-refractivity contribution in [2.75, 3.05) is 17.2 Å². The van der Waals surface area contributed by atoms with Gasteiger partial charge in [-0.15, -0.1) is 0 Å². The highest BCUT2D eigenvalue weighted by Gasteiger charge is 2.47. The number of nitrogens with zero attached hydrogens (tertiary/aromatic N) is 1. The van der Waals surface area contributed by atoms with Crippen LogP contribution in [0, 0.1) is 5.92 Å². The van der Waals surface area contributed by atoms with Crippen LogP contribution in [0.15, 0.2) is 72.8 Å². The van der Waals surface area contributed by atoms with Gasteiger partial charge < -0.3 is 29.7 Å². The highest BCUT2D eigenvalue weighted by molar-refractivity contribution is 6.06. The molecule has 0 bridgehead atoms. The molecular formula is C40H50N4O7. The van der Waals surface area contributed by atoms with Crippen molar-refractivity contribution in [3.8, 4) is 0 Å². The van der Waals surface area contributed by atoms with Crippen LogP contribution in [-0.4, -0.2) is 52.9 Å². The molecule has 272 valence electrons. The van der Waals surface area contributed by atoms with Crippen LogP contribution in [0.2, 0.25) is 0 Å². The smallest absolute Gasteiger partial charge is 0.412 e. The summed E-state index contributed by atoms with van der Waals surface area (Å²) in [6, 6.07) is 21.5. The third-order valence-electron chi connectivity index (χ3n) is 8.53. The van der Waals surface area contributed by atoms with Gasteiger partial charge in [-0.1, -0.05) is 48.5 Å². The van der Waals surface area contributed by atoms with Gasteiger partial charge >= 0.3 is 18.3 Å². The van der Waals surface area contributed by atoms with Gasteiger partial charge in [-0.25, -0.2) is 14.4 Å². The second kappa shape index (κ2) is 15.4. The Kier molecular flexibility index (Phi) is 11.3. The number of amides is 4. The highest BCUT2D eigenvalue weighted by atomic mass is 16.6. The van der Waals surface area contributed by atoms with E-state index in [4.69, 9.17) is 14.2 Å². The Morgan fingerprint density at radius 2 is 1.39 bits per heavy atom. The summed E-state index contributed by atoms with van der Waals surface area (Å²) in [5.41, 5.74) is 2.86. The second-order valence-electron chi connectivity index (χ2n) is 15.4. The lowest BCUT2D eigenvalue weighted by Crippen LogP contribution is -2.40. The fraction of sp³-hybridized carbons (Fsp3) is 0.450.